The van der Waals surface area contributed by atoms with Crippen molar-refractivity contribution in [3.05, 3.63) is 45.2 Å². The molecule has 2 aromatic rings. The number of morpholine rings is 1. The third kappa shape index (κ3) is 4.75. The van der Waals surface area contributed by atoms with E-state index in [0.29, 0.717) is 25.2 Å². The fraction of sp³-hybridized carbons (Fsp3) is 0.571. The molecule has 0 N–H and O–H groups in total. The van der Waals surface area contributed by atoms with Gasteiger partial charge in [-0.15, -0.1) is 0 Å². The van der Waals surface area contributed by atoms with Gasteiger partial charge in [0.2, 0.25) is 0 Å². The number of pyridine rings is 1. The highest BCUT2D eigenvalue weighted by atomic mass is 19.4. The lowest BCUT2D eigenvalue weighted by molar-refractivity contribution is -0.137. The van der Waals surface area contributed by atoms with Gasteiger partial charge < -0.3 is 9.30 Å². The van der Waals surface area contributed by atoms with E-state index in [0.717, 1.165) is 25.2 Å². The second-order valence-electron chi connectivity index (χ2n) is 6.62. The summed E-state index contributed by atoms with van der Waals surface area (Å²) in [5.41, 5.74) is -0.373. The van der Waals surface area contributed by atoms with Gasteiger partial charge in [0.1, 0.15) is 0 Å². The maximum atomic E-state index is 13.7. The second-order valence-corrected chi connectivity index (χ2v) is 6.62. The molecule has 0 atom stereocenters. The Labute approximate surface area is 163 Å². The summed E-state index contributed by atoms with van der Waals surface area (Å²) in [5, 5.41) is 0.107. The molecule has 0 amide bonds. The molecule has 0 aliphatic carbocycles. The fourth-order valence-corrected chi connectivity index (χ4v) is 3.58. The number of fused-ring (bicyclic) bond motifs is 1. The highest BCUT2D eigenvalue weighted by molar-refractivity contribution is 5.85. The molecule has 2 heterocycles. The van der Waals surface area contributed by atoms with Crippen LogP contribution in [0.25, 0.3) is 10.9 Å². The Morgan fingerprint density at radius 3 is 2.36 bits per heavy atom. The van der Waals surface area contributed by atoms with Crippen LogP contribution in [0.3, 0.4) is 0 Å². The van der Waals surface area contributed by atoms with Gasteiger partial charge in [-0.2, -0.15) is 13.2 Å². The van der Waals surface area contributed by atoms with Crippen molar-refractivity contribution in [2.24, 2.45) is 7.05 Å². The fourth-order valence-electron chi connectivity index (χ4n) is 3.58. The minimum atomic E-state index is -4.56. The van der Waals surface area contributed by atoms with Crippen LogP contribution in [0.5, 0.6) is 0 Å². The van der Waals surface area contributed by atoms with E-state index in [4.69, 9.17) is 4.74 Å². The molecule has 156 valence electrons. The normalized spacial score (nSPS) is 15.4. The molecule has 1 saturated heterocycles. The highest BCUT2D eigenvalue weighted by Gasteiger charge is 2.37. The Kier molecular flexibility index (Phi) is 7.66. The number of aryl methyl sites for hydroxylation is 1. The minimum Gasteiger partial charge on any atom is -0.379 e. The Morgan fingerprint density at radius 1 is 1.14 bits per heavy atom. The van der Waals surface area contributed by atoms with Crippen molar-refractivity contribution in [3.63, 3.8) is 0 Å². The first-order chi connectivity index (χ1) is 13.3. The summed E-state index contributed by atoms with van der Waals surface area (Å²) in [7, 11) is 1.53. The average molecular weight is 398 g/mol. The summed E-state index contributed by atoms with van der Waals surface area (Å²) in [4.78, 5) is 14.6. The van der Waals surface area contributed by atoms with Gasteiger partial charge in [-0.1, -0.05) is 26.8 Å². The van der Waals surface area contributed by atoms with Gasteiger partial charge in [-0.05, 0) is 30.5 Å². The lowest BCUT2D eigenvalue weighted by Gasteiger charge is -2.26. The van der Waals surface area contributed by atoms with Gasteiger partial charge in [0.05, 0.1) is 24.3 Å². The summed E-state index contributed by atoms with van der Waals surface area (Å²) >= 11 is 0. The summed E-state index contributed by atoms with van der Waals surface area (Å²) in [5.74, 6) is 0. The summed E-state index contributed by atoms with van der Waals surface area (Å²) in [6.45, 7) is 9.43. The predicted octanol–water partition coefficient (Wildman–Crippen LogP) is 4.02. The van der Waals surface area contributed by atoms with Gasteiger partial charge in [0, 0.05) is 37.6 Å². The van der Waals surface area contributed by atoms with Crippen molar-refractivity contribution >= 4 is 10.9 Å². The van der Waals surface area contributed by atoms with Crippen LogP contribution in [0, 0.1) is 0 Å². The van der Waals surface area contributed by atoms with Gasteiger partial charge in [0.25, 0.3) is 5.56 Å². The van der Waals surface area contributed by atoms with Crippen LogP contribution in [-0.2, 0) is 30.8 Å². The van der Waals surface area contributed by atoms with Crippen molar-refractivity contribution in [2.75, 3.05) is 32.8 Å². The number of halogens is 3. The SMILES string of the molecule is CC.CCc1c(C(F)(F)F)c2cc(CCN3CCOCC3)ccc2n(C)c1=O. The summed E-state index contributed by atoms with van der Waals surface area (Å²) in [6, 6.07) is 5.03. The first-order valence-corrected chi connectivity index (χ1v) is 9.84. The van der Waals surface area contributed by atoms with E-state index in [1.165, 1.54) is 11.6 Å². The molecule has 0 saturated carbocycles. The molecule has 1 aliphatic rings. The molecule has 0 bridgehead atoms. The Hall–Kier alpha value is -1.86. The van der Waals surface area contributed by atoms with E-state index in [-0.39, 0.29) is 17.4 Å². The van der Waals surface area contributed by atoms with Gasteiger partial charge in [0.15, 0.2) is 0 Å². The summed E-state index contributed by atoms with van der Waals surface area (Å²) in [6.07, 6.45) is -3.84. The molecule has 1 aliphatic heterocycles. The van der Waals surface area contributed by atoms with E-state index >= 15 is 0 Å². The molecular weight excluding hydrogens is 369 g/mol. The van der Waals surface area contributed by atoms with Crippen LogP contribution >= 0.6 is 0 Å². The lowest BCUT2D eigenvalue weighted by atomic mass is 9.98. The van der Waals surface area contributed by atoms with Crippen LogP contribution in [0.4, 0.5) is 13.2 Å². The van der Waals surface area contributed by atoms with Crippen molar-refractivity contribution in [1.29, 1.82) is 0 Å². The quantitative estimate of drug-likeness (QED) is 0.780. The molecule has 7 heteroatoms. The molecule has 3 rings (SSSR count). The van der Waals surface area contributed by atoms with Crippen molar-refractivity contribution in [1.82, 2.24) is 9.47 Å². The van der Waals surface area contributed by atoms with E-state index in [2.05, 4.69) is 4.90 Å². The second kappa shape index (κ2) is 9.56. The van der Waals surface area contributed by atoms with Gasteiger partial charge >= 0.3 is 6.18 Å². The smallest absolute Gasteiger partial charge is 0.379 e. The molecule has 0 spiro atoms. The number of rotatable bonds is 4. The monoisotopic (exact) mass is 398 g/mol. The van der Waals surface area contributed by atoms with E-state index in [1.807, 2.05) is 19.9 Å². The Balaban J connectivity index is 0.00000136. The predicted molar refractivity (Wildman–Crippen MR) is 106 cm³/mol. The maximum Gasteiger partial charge on any atom is 0.417 e. The van der Waals surface area contributed by atoms with Crippen molar-refractivity contribution < 1.29 is 17.9 Å². The van der Waals surface area contributed by atoms with Crippen LogP contribution in [0.1, 0.15) is 37.5 Å². The number of benzene rings is 1. The zero-order valence-corrected chi connectivity index (χ0v) is 17.0. The maximum absolute atomic E-state index is 13.7. The van der Waals surface area contributed by atoms with E-state index in [1.54, 1.807) is 19.1 Å². The number of hydrogen-bond donors (Lipinski definition) is 0. The standard InChI is InChI=1S/C19H23F3N2O2.C2H6/c1-3-14-17(19(20,21)22)15-12-13(4-5-16(15)23(2)18(14)25)6-7-24-8-10-26-11-9-24;1-2/h4-5,12H,3,6-11H2,1-2H3;1-2H3. The zero-order chi connectivity index (χ0) is 20.9. The van der Waals surface area contributed by atoms with Crippen LogP contribution in [0.15, 0.2) is 23.0 Å². The zero-order valence-electron chi connectivity index (χ0n) is 17.0. The summed E-state index contributed by atoms with van der Waals surface area (Å²) < 4.78 is 47.8. The number of hydrogen-bond acceptors (Lipinski definition) is 3. The molecule has 1 fully saturated rings. The molecule has 1 aromatic carbocycles. The topological polar surface area (TPSA) is 34.5 Å². The number of ether oxygens (including phenoxy) is 1. The molecule has 0 radical (unpaired) electrons. The van der Waals surface area contributed by atoms with Crippen molar-refractivity contribution in [3.8, 4) is 0 Å². The van der Waals surface area contributed by atoms with Crippen LogP contribution < -0.4 is 5.56 Å². The van der Waals surface area contributed by atoms with Gasteiger partial charge in [-0.3, -0.25) is 9.69 Å². The van der Waals surface area contributed by atoms with Crippen LogP contribution in [-0.4, -0.2) is 42.3 Å². The molecular formula is C21H29F3N2O2. The van der Waals surface area contributed by atoms with Gasteiger partial charge in [-0.25, -0.2) is 0 Å². The lowest BCUT2D eigenvalue weighted by Crippen LogP contribution is -2.37. The number of nitrogens with zero attached hydrogens (tertiary/aromatic N) is 2. The average Bonchev–Trinajstić information content (AvgIpc) is 2.70. The van der Waals surface area contributed by atoms with E-state index < -0.39 is 17.3 Å². The molecule has 0 unspecified atom stereocenters. The largest absolute Gasteiger partial charge is 0.417 e. The van der Waals surface area contributed by atoms with Crippen LogP contribution in [0.2, 0.25) is 0 Å². The highest BCUT2D eigenvalue weighted by Crippen LogP contribution is 2.36. The number of aromatic nitrogens is 1. The number of alkyl halides is 3. The first kappa shape index (κ1) is 22.4. The van der Waals surface area contributed by atoms with Crippen molar-refractivity contribution in [2.45, 2.75) is 39.8 Å². The third-order valence-corrected chi connectivity index (χ3v) is 5.01. The Bertz CT molecular complexity index is 853. The minimum absolute atomic E-state index is 0.0511. The third-order valence-electron chi connectivity index (χ3n) is 5.01. The first-order valence-electron chi connectivity index (χ1n) is 9.84. The molecule has 1 aromatic heterocycles. The van der Waals surface area contributed by atoms with E-state index in [9.17, 15) is 18.0 Å². The Morgan fingerprint density at radius 2 is 1.79 bits per heavy atom. The molecule has 4 nitrogen and oxygen atoms in total. The molecule has 28 heavy (non-hydrogen) atoms.